The van der Waals surface area contributed by atoms with Crippen LogP contribution in [0.5, 0.6) is 0 Å². The lowest BCUT2D eigenvalue weighted by Crippen LogP contribution is -2.43. The number of hydrogen-bond donors (Lipinski definition) is 1. The molecule has 2 heterocycles. The molecule has 1 aliphatic heterocycles. The average Bonchev–Trinajstić information content (AvgIpc) is 3.14. The van der Waals surface area contributed by atoms with Crippen molar-refractivity contribution in [3.63, 3.8) is 0 Å². The van der Waals surface area contributed by atoms with Gasteiger partial charge in [0.1, 0.15) is 5.82 Å². The summed E-state index contributed by atoms with van der Waals surface area (Å²) in [5.41, 5.74) is 2.13. The first kappa shape index (κ1) is 20.8. The summed E-state index contributed by atoms with van der Waals surface area (Å²) < 4.78 is 42.2. The summed E-state index contributed by atoms with van der Waals surface area (Å²) in [6.07, 6.45) is -4.50. The molecule has 0 unspecified atom stereocenters. The van der Waals surface area contributed by atoms with Crippen molar-refractivity contribution in [3.8, 4) is 5.69 Å². The average molecular weight is 448 g/mol. The molecule has 8 heteroatoms. The number of anilines is 2. The molecule has 0 bridgehead atoms. The number of urea groups is 1. The number of aromatic nitrogens is 2. The Morgan fingerprint density at radius 1 is 0.879 bits per heavy atom. The molecule has 2 amide bonds. The minimum atomic E-state index is -4.50. The zero-order chi connectivity index (χ0) is 23.2. The monoisotopic (exact) mass is 448 g/mol. The predicted octanol–water partition coefficient (Wildman–Crippen LogP) is 6.34. The Balaban J connectivity index is 1.75. The van der Waals surface area contributed by atoms with Gasteiger partial charge in [-0.1, -0.05) is 48.5 Å². The fourth-order valence-electron chi connectivity index (χ4n) is 4.21. The van der Waals surface area contributed by atoms with Crippen LogP contribution in [-0.4, -0.2) is 15.8 Å². The summed E-state index contributed by atoms with van der Waals surface area (Å²) in [7, 11) is 0. The Bertz CT molecular complexity index is 1320. The predicted molar refractivity (Wildman–Crippen MR) is 120 cm³/mol. The third-order valence-electron chi connectivity index (χ3n) is 5.65. The largest absolute Gasteiger partial charge is 0.416 e. The van der Waals surface area contributed by atoms with Crippen molar-refractivity contribution in [3.05, 3.63) is 107 Å². The van der Waals surface area contributed by atoms with E-state index in [-0.39, 0.29) is 0 Å². The molecule has 0 saturated heterocycles. The second-order valence-electron chi connectivity index (χ2n) is 7.76. The zero-order valence-electron chi connectivity index (χ0n) is 17.5. The van der Waals surface area contributed by atoms with Crippen molar-refractivity contribution < 1.29 is 18.0 Å². The van der Waals surface area contributed by atoms with Gasteiger partial charge in [-0.05, 0) is 48.9 Å². The van der Waals surface area contributed by atoms with Gasteiger partial charge in [-0.2, -0.15) is 18.3 Å². The number of amides is 2. The minimum absolute atomic E-state index is 0.348. The van der Waals surface area contributed by atoms with E-state index >= 15 is 0 Å². The molecule has 0 spiro atoms. The molecule has 1 atom stereocenters. The van der Waals surface area contributed by atoms with E-state index in [9.17, 15) is 18.0 Å². The first-order valence-electron chi connectivity index (χ1n) is 10.3. The lowest BCUT2D eigenvalue weighted by Gasteiger charge is -2.37. The van der Waals surface area contributed by atoms with Crippen molar-refractivity contribution in [2.24, 2.45) is 0 Å². The van der Waals surface area contributed by atoms with Gasteiger partial charge in [0, 0.05) is 11.3 Å². The van der Waals surface area contributed by atoms with Crippen LogP contribution in [-0.2, 0) is 6.18 Å². The topological polar surface area (TPSA) is 50.2 Å². The number of carbonyl (C=O) groups is 1. The second kappa shape index (κ2) is 7.81. The van der Waals surface area contributed by atoms with Gasteiger partial charge in [-0.15, -0.1) is 0 Å². The van der Waals surface area contributed by atoms with E-state index in [0.717, 1.165) is 17.8 Å². The molecule has 5 rings (SSSR count). The number of fused-ring (bicyclic) bond motifs is 1. The van der Waals surface area contributed by atoms with Crippen LogP contribution in [0.15, 0.2) is 84.9 Å². The van der Waals surface area contributed by atoms with Crippen molar-refractivity contribution in [2.45, 2.75) is 19.1 Å². The molecule has 3 aromatic carbocycles. The molecule has 5 nitrogen and oxygen atoms in total. The Morgan fingerprint density at radius 3 is 2.15 bits per heavy atom. The summed E-state index contributed by atoms with van der Waals surface area (Å²) in [5.74, 6) is 0.443. The SMILES string of the molecule is Cc1nn(-c2ccccc2)c2c1[C@@H](c1cccc(C(F)(F)F)c1)N(c1ccccc1)C(=O)N2. The van der Waals surface area contributed by atoms with Crippen LogP contribution >= 0.6 is 0 Å². The Kier molecular flexibility index (Phi) is 4.92. The number of benzene rings is 3. The van der Waals surface area contributed by atoms with Gasteiger partial charge in [0.2, 0.25) is 0 Å². The van der Waals surface area contributed by atoms with Crippen LogP contribution in [0, 0.1) is 6.92 Å². The number of nitrogens with one attached hydrogen (secondary N) is 1. The van der Waals surface area contributed by atoms with Crippen LogP contribution in [0.4, 0.5) is 29.5 Å². The number of rotatable bonds is 3. The molecule has 0 saturated carbocycles. The molecule has 1 aliphatic rings. The molecule has 4 aromatic rings. The van der Waals surface area contributed by atoms with Gasteiger partial charge >= 0.3 is 12.2 Å². The highest BCUT2D eigenvalue weighted by atomic mass is 19.4. The maximum absolute atomic E-state index is 13.5. The van der Waals surface area contributed by atoms with E-state index in [4.69, 9.17) is 0 Å². The van der Waals surface area contributed by atoms with E-state index in [1.165, 1.54) is 11.0 Å². The normalized spacial score (nSPS) is 15.8. The highest BCUT2D eigenvalue weighted by Gasteiger charge is 2.40. The number of alkyl halides is 3. The van der Waals surface area contributed by atoms with Crippen molar-refractivity contribution in [2.75, 3.05) is 10.2 Å². The van der Waals surface area contributed by atoms with E-state index in [2.05, 4.69) is 10.4 Å². The Hall–Kier alpha value is -4.07. The van der Waals surface area contributed by atoms with E-state index in [1.807, 2.05) is 36.4 Å². The first-order valence-corrected chi connectivity index (χ1v) is 10.3. The lowest BCUT2D eigenvalue weighted by atomic mass is 9.93. The quantitative estimate of drug-likeness (QED) is 0.398. The van der Waals surface area contributed by atoms with Gasteiger partial charge in [0.15, 0.2) is 0 Å². The Morgan fingerprint density at radius 2 is 1.52 bits per heavy atom. The van der Waals surface area contributed by atoms with Crippen molar-refractivity contribution in [1.82, 2.24) is 9.78 Å². The first-order chi connectivity index (χ1) is 15.8. The van der Waals surface area contributed by atoms with Crippen LogP contribution in [0.3, 0.4) is 0 Å². The van der Waals surface area contributed by atoms with Crippen molar-refractivity contribution in [1.29, 1.82) is 0 Å². The molecule has 0 fully saturated rings. The summed E-state index contributed by atoms with van der Waals surface area (Å²) in [6.45, 7) is 1.79. The van der Waals surface area contributed by atoms with Gasteiger partial charge in [0.05, 0.1) is 23.0 Å². The summed E-state index contributed by atoms with van der Waals surface area (Å²) in [5, 5.41) is 7.53. The third-order valence-corrected chi connectivity index (χ3v) is 5.65. The van der Waals surface area contributed by atoms with Crippen LogP contribution < -0.4 is 10.2 Å². The van der Waals surface area contributed by atoms with E-state index < -0.39 is 23.8 Å². The van der Waals surface area contributed by atoms with Gasteiger partial charge < -0.3 is 0 Å². The van der Waals surface area contributed by atoms with Crippen molar-refractivity contribution >= 4 is 17.5 Å². The number of carbonyl (C=O) groups excluding carboxylic acids is 1. The van der Waals surface area contributed by atoms with E-state index in [0.29, 0.717) is 28.3 Å². The summed E-state index contributed by atoms with van der Waals surface area (Å²) >= 11 is 0. The van der Waals surface area contributed by atoms with Crippen LogP contribution in [0.1, 0.15) is 28.4 Å². The standard InChI is InChI=1S/C25H19F3N4O/c1-16-21-22(17-9-8-10-18(15-17)25(26,27)28)31(19-11-4-2-5-12-19)24(33)29-23(21)32(30-16)20-13-6-3-7-14-20/h2-15,22H,1H3,(H,29,33)/t22-/m1/s1. The summed E-state index contributed by atoms with van der Waals surface area (Å²) in [4.78, 5) is 14.8. The molecule has 1 aromatic heterocycles. The minimum Gasteiger partial charge on any atom is -0.291 e. The number of aryl methyl sites for hydroxylation is 1. The molecule has 0 radical (unpaired) electrons. The van der Waals surface area contributed by atoms with Gasteiger partial charge in [-0.3, -0.25) is 10.2 Å². The maximum atomic E-state index is 13.5. The lowest BCUT2D eigenvalue weighted by molar-refractivity contribution is -0.137. The van der Waals surface area contributed by atoms with Gasteiger partial charge in [-0.25, -0.2) is 9.48 Å². The highest BCUT2D eigenvalue weighted by molar-refractivity contribution is 6.05. The third kappa shape index (κ3) is 3.63. The summed E-state index contributed by atoms with van der Waals surface area (Å²) in [6, 6.07) is 22.0. The smallest absolute Gasteiger partial charge is 0.291 e. The van der Waals surface area contributed by atoms with Crippen LogP contribution in [0.2, 0.25) is 0 Å². The van der Waals surface area contributed by atoms with E-state index in [1.54, 1.807) is 41.9 Å². The molecule has 166 valence electrons. The molecule has 0 aliphatic carbocycles. The van der Waals surface area contributed by atoms with Gasteiger partial charge in [0.25, 0.3) is 0 Å². The second-order valence-corrected chi connectivity index (χ2v) is 7.76. The maximum Gasteiger partial charge on any atom is 0.416 e. The number of halogens is 3. The fraction of sp³-hybridized carbons (Fsp3) is 0.120. The Labute approximate surface area is 188 Å². The fourth-order valence-corrected chi connectivity index (χ4v) is 4.21. The number of para-hydroxylation sites is 2. The molecule has 33 heavy (non-hydrogen) atoms. The number of nitrogens with zero attached hydrogens (tertiary/aromatic N) is 3. The molecular formula is C25H19F3N4O. The zero-order valence-corrected chi connectivity index (χ0v) is 17.5. The van der Waals surface area contributed by atoms with Crippen LogP contribution in [0.25, 0.3) is 5.69 Å². The molecule has 1 N–H and O–H groups in total. The molecular weight excluding hydrogens is 429 g/mol. The highest BCUT2D eigenvalue weighted by Crippen LogP contribution is 2.44. The number of hydrogen-bond acceptors (Lipinski definition) is 2.